The van der Waals surface area contributed by atoms with E-state index in [-0.39, 0.29) is 6.61 Å². The highest BCUT2D eigenvalue weighted by atomic mass is 16.7. The summed E-state index contributed by atoms with van der Waals surface area (Å²) in [6.07, 6.45) is -1.26. The van der Waals surface area contributed by atoms with Gasteiger partial charge in [-0.25, -0.2) is 4.79 Å². The maximum Gasteiger partial charge on any atom is 0.330 e. The fraction of sp³-hybridized carbons (Fsp3) is 0.636. The summed E-state index contributed by atoms with van der Waals surface area (Å²) in [4.78, 5) is 25.3. The van der Waals surface area contributed by atoms with E-state index in [4.69, 9.17) is 9.47 Å². The maximum absolute atomic E-state index is 11.8. The lowest BCUT2D eigenvalue weighted by Crippen LogP contribution is -2.44. The molecule has 0 aliphatic carbocycles. The first-order valence-electron chi connectivity index (χ1n) is 5.89. The van der Waals surface area contributed by atoms with Gasteiger partial charge < -0.3 is 19.7 Å². The van der Waals surface area contributed by atoms with Crippen molar-refractivity contribution in [2.75, 3.05) is 13.2 Å². The molecular weight excluding hydrogens is 256 g/mol. The van der Waals surface area contributed by atoms with E-state index in [1.54, 1.807) is 6.92 Å². The molecule has 8 nitrogen and oxygen atoms in total. The van der Waals surface area contributed by atoms with Crippen molar-refractivity contribution in [2.24, 2.45) is 0 Å². The molecule has 8 heteroatoms. The summed E-state index contributed by atoms with van der Waals surface area (Å²) in [6.45, 7) is 1.22. The number of aryl methyl sites for hydroxylation is 1. The second-order valence-corrected chi connectivity index (χ2v) is 4.93. The third-order valence-electron chi connectivity index (χ3n) is 3.69. The Bertz CT molecular complexity index is 622. The van der Waals surface area contributed by atoms with Gasteiger partial charge in [0, 0.05) is 11.8 Å². The number of H-pyrrole nitrogens is 1. The molecule has 2 fully saturated rings. The fourth-order valence-corrected chi connectivity index (χ4v) is 2.53. The van der Waals surface area contributed by atoms with Crippen LogP contribution >= 0.6 is 0 Å². The van der Waals surface area contributed by atoms with E-state index in [1.807, 2.05) is 0 Å². The molecule has 3 N–H and O–H groups in total. The lowest BCUT2D eigenvalue weighted by molar-refractivity contribution is -0.187. The SMILES string of the molecule is Cc1cn([C@@H]2O[C@@]3(CO)COC2[C@H]3O)c(=O)[nH]c1=O. The number of rotatable bonds is 2. The molecule has 0 amide bonds. The van der Waals surface area contributed by atoms with E-state index in [1.165, 1.54) is 10.8 Å². The zero-order chi connectivity index (χ0) is 13.8. The first-order valence-corrected chi connectivity index (χ1v) is 5.89. The number of ether oxygens (including phenoxy) is 2. The summed E-state index contributed by atoms with van der Waals surface area (Å²) in [7, 11) is 0. The van der Waals surface area contributed by atoms with Gasteiger partial charge in [0.25, 0.3) is 5.56 Å². The van der Waals surface area contributed by atoms with Gasteiger partial charge in [-0.15, -0.1) is 0 Å². The third-order valence-corrected chi connectivity index (χ3v) is 3.69. The van der Waals surface area contributed by atoms with Crippen LogP contribution in [0.2, 0.25) is 0 Å². The van der Waals surface area contributed by atoms with Crippen LogP contribution in [0.15, 0.2) is 15.8 Å². The van der Waals surface area contributed by atoms with E-state index in [2.05, 4.69) is 4.98 Å². The Morgan fingerprint density at radius 2 is 2.32 bits per heavy atom. The Morgan fingerprint density at radius 1 is 1.58 bits per heavy atom. The number of aromatic amines is 1. The van der Waals surface area contributed by atoms with E-state index in [0.717, 1.165) is 0 Å². The number of hydrogen-bond acceptors (Lipinski definition) is 6. The minimum Gasteiger partial charge on any atom is -0.393 e. The van der Waals surface area contributed by atoms with Crippen molar-refractivity contribution in [2.45, 2.75) is 31.0 Å². The molecule has 1 unspecified atom stereocenters. The fourth-order valence-electron chi connectivity index (χ4n) is 2.53. The summed E-state index contributed by atoms with van der Waals surface area (Å²) in [6, 6.07) is 0. The highest BCUT2D eigenvalue weighted by molar-refractivity contribution is 5.09. The van der Waals surface area contributed by atoms with Crippen LogP contribution in [0.1, 0.15) is 11.8 Å². The molecule has 4 atom stereocenters. The summed E-state index contributed by atoms with van der Waals surface area (Å²) < 4.78 is 12.1. The van der Waals surface area contributed by atoms with Crippen molar-refractivity contribution in [3.63, 3.8) is 0 Å². The zero-order valence-corrected chi connectivity index (χ0v) is 10.2. The number of nitrogens with one attached hydrogen (secondary N) is 1. The zero-order valence-electron chi connectivity index (χ0n) is 10.2. The first-order chi connectivity index (χ1) is 8.98. The Labute approximate surface area is 107 Å². The molecule has 0 spiro atoms. The molecule has 0 saturated carbocycles. The van der Waals surface area contributed by atoms with Gasteiger partial charge in [-0.2, -0.15) is 0 Å². The Morgan fingerprint density at radius 3 is 2.95 bits per heavy atom. The number of nitrogens with zero attached hydrogens (tertiary/aromatic N) is 1. The molecule has 19 heavy (non-hydrogen) atoms. The van der Waals surface area contributed by atoms with Crippen LogP contribution in [0.4, 0.5) is 0 Å². The number of aliphatic hydroxyl groups is 2. The van der Waals surface area contributed by atoms with Crippen molar-refractivity contribution in [3.05, 3.63) is 32.6 Å². The van der Waals surface area contributed by atoms with Crippen molar-refractivity contribution in [1.29, 1.82) is 0 Å². The van der Waals surface area contributed by atoms with E-state index >= 15 is 0 Å². The Balaban J connectivity index is 2.04. The van der Waals surface area contributed by atoms with E-state index in [0.29, 0.717) is 5.56 Å². The van der Waals surface area contributed by atoms with Crippen molar-refractivity contribution in [3.8, 4) is 0 Å². The summed E-state index contributed by atoms with van der Waals surface area (Å²) in [5, 5.41) is 19.4. The van der Waals surface area contributed by atoms with Gasteiger partial charge in [0.1, 0.15) is 17.8 Å². The largest absolute Gasteiger partial charge is 0.393 e. The molecule has 3 rings (SSSR count). The standard InChI is InChI=1S/C11H14N2O6/c1-5-2-13(10(17)12-8(5)16)9-6-7(15)11(3-14,19-9)4-18-6/h2,6-7,9,14-15H,3-4H2,1H3,(H,12,16,17)/t6?,7-,9-,11+/m1/s1. The van der Waals surface area contributed by atoms with Gasteiger partial charge in [-0.3, -0.25) is 14.3 Å². The molecule has 0 radical (unpaired) electrons. The molecule has 3 heterocycles. The lowest BCUT2D eigenvalue weighted by Gasteiger charge is -2.29. The third kappa shape index (κ3) is 1.61. The van der Waals surface area contributed by atoms with Crippen LogP contribution in [0.5, 0.6) is 0 Å². The average Bonchev–Trinajstić information content (AvgIpc) is 2.85. The smallest absolute Gasteiger partial charge is 0.330 e. The normalized spacial score (nSPS) is 36.9. The number of aliphatic hydroxyl groups excluding tert-OH is 2. The predicted molar refractivity (Wildman–Crippen MR) is 61.7 cm³/mol. The van der Waals surface area contributed by atoms with Gasteiger partial charge in [0.15, 0.2) is 6.23 Å². The predicted octanol–water partition coefficient (Wildman–Crippen LogP) is -2.14. The highest BCUT2D eigenvalue weighted by Gasteiger charge is 2.61. The van der Waals surface area contributed by atoms with Crippen molar-refractivity contribution in [1.82, 2.24) is 9.55 Å². The second-order valence-electron chi connectivity index (χ2n) is 4.93. The molecule has 0 aromatic carbocycles. The van der Waals surface area contributed by atoms with Crippen molar-refractivity contribution < 1.29 is 19.7 Å². The molecule has 2 bridgehead atoms. The number of aromatic nitrogens is 2. The van der Waals surface area contributed by atoms with Gasteiger partial charge in [0.2, 0.25) is 0 Å². The van der Waals surface area contributed by atoms with Gasteiger partial charge in [-0.1, -0.05) is 0 Å². The van der Waals surface area contributed by atoms with Crippen LogP contribution in [0.25, 0.3) is 0 Å². The number of fused-ring (bicyclic) bond motifs is 2. The Kier molecular flexibility index (Phi) is 2.65. The monoisotopic (exact) mass is 270 g/mol. The molecule has 104 valence electrons. The van der Waals surface area contributed by atoms with Crippen molar-refractivity contribution >= 4 is 0 Å². The second kappa shape index (κ2) is 4.01. The molecule has 2 saturated heterocycles. The summed E-state index contributed by atoms with van der Waals surface area (Å²) in [5.41, 5.74) is -1.96. The van der Waals surface area contributed by atoms with Crippen LogP contribution in [-0.4, -0.2) is 50.8 Å². The quantitative estimate of drug-likeness (QED) is 0.565. The van der Waals surface area contributed by atoms with Crippen LogP contribution in [0.3, 0.4) is 0 Å². The van der Waals surface area contributed by atoms with Crippen LogP contribution in [-0.2, 0) is 9.47 Å². The highest BCUT2D eigenvalue weighted by Crippen LogP contribution is 2.44. The Hall–Kier alpha value is -1.48. The lowest BCUT2D eigenvalue weighted by atomic mass is 10.0. The minimum atomic E-state index is -1.20. The average molecular weight is 270 g/mol. The minimum absolute atomic E-state index is 0.0723. The van der Waals surface area contributed by atoms with Crippen LogP contribution in [0, 0.1) is 6.92 Å². The molecule has 2 aliphatic rings. The molecule has 1 aromatic heterocycles. The van der Waals surface area contributed by atoms with E-state index < -0.39 is 41.9 Å². The van der Waals surface area contributed by atoms with Gasteiger partial charge in [0.05, 0.1) is 13.2 Å². The summed E-state index contributed by atoms with van der Waals surface area (Å²) in [5.74, 6) is 0. The molecular formula is C11H14N2O6. The van der Waals surface area contributed by atoms with Gasteiger partial charge >= 0.3 is 5.69 Å². The topological polar surface area (TPSA) is 114 Å². The maximum atomic E-state index is 11.8. The van der Waals surface area contributed by atoms with Gasteiger partial charge in [-0.05, 0) is 6.92 Å². The first kappa shape index (κ1) is 12.5. The van der Waals surface area contributed by atoms with Crippen LogP contribution < -0.4 is 11.2 Å². The summed E-state index contributed by atoms with van der Waals surface area (Å²) >= 11 is 0. The molecule has 2 aliphatic heterocycles. The number of hydrogen-bond donors (Lipinski definition) is 3. The molecule has 1 aromatic rings. The van der Waals surface area contributed by atoms with E-state index in [9.17, 15) is 19.8 Å².